The lowest BCUT2D eigenvalue weighted by molar-refractivity contribution is -0.137. The third kappa shape index (κ3) is 3.29. The number of phenols is 1. The van der Waals surface area contributed by atoms with Crippen molar-refractivity contribution in [3.05, 3.63) is 65.2 Å². The highest BCUT2D eigenvalue weighted by Crippen LogP contribution is 2.28. The van der Waals surface area contributed by atoms with Gasteiger partial charge in [0.1, 0.15) is 5.75 Å². The van der Waals surface area contributed by atoms with Crippen LogP contribution in [0.3, 0.4) is 0 Å². The molecule has 1 N–H and O–H groups in total. The minimum Gasteiger partial charge on any atom is -0.507 e. The molecule has 0 aliphatic carbocycles. The van der Waals surface area contributed by atoms with Gasteiger partial charge in [-0.3, -0.25) is 0 Å². The van der Waals surface area contributed by atoms with E-state index in [4.69, 9.17) is 0 Å². The van der Waals surface area contributed by atoms with Gasteiger partial charge in [0.25, 0.3) is 0 Å². The van der Waals surface area contributed by atoms with Crippen LogP contribution in [0.4, 0.5) is 13.2 Å². The number of hydrogen-bond acceptors (Lipinski definition) is 1. The summed E-state index contributed by atoms with van der Waals surface area (Å²) >= 11 is 0. The molecule has 0 atom stereocenters. The fourth-order valence-corrected chi connectivity index (χ4v) is 1.46. The number of alkyl halides is 3. The minimum absolute atomic E-state index is 0.0434. The van der Waals surface area contributed by atoms with Gasteiger partial charge in [0.2, 0.25) is 0 Å². The largest absolute Gasteiger partial charge is 0.507 e. The van der Waals surface area contributed by atoms with Gasteiger partial charge >= 0.3 is 6.18 Å². The summed E-state index contributed by atoms with van der Waals surface area (Å²) < 4.78 is 37.1. The van der Waals surface area contributed by atoms with Crippen LogP contribution in [-0.4, -0.2) is 5.11 Å². The molecule has 0 saturated carbocycles. The van der Waals surface area contributed by atoms with Gasteiger partial charge in [-0.2, -0.15) is 13.2 Å². The minimum atomic E-state index is -4.34. The molecule has 0 fully saturated rings. The van der Waals surface area contributed by atoms with Gasteiger partial charge in [-0.05, 0) is 36.4 Å². The number of para-hydroxylation sites is 1. The molecule has 0 radical (unpaired) electrons. The summed E-state index contributed by atoms with van der Waals surface area (Å²) in [6.07, 6.45) is -4.34. The predicted octanol–water partition coefficient (Wildman–Crippen LogP) is 3.81. The van der Waals surface area contributed by atoms with E-state index in [0.717, 1.165) is 12.1 Å². The van der Waals surface area contributed by atoms with E-state index in [1.807, 2.05) is 0 Å². The number of rotatable bonds is 0. The molecular weight excluding hydrogens is 253 g/mol. The van der Waals surface area contributed by atoms with Gasteiger partial charge in [-0.25, -0.2) is 0 Å². The third-order valence-electron chi connectivity index (χ3n) is 2.46. The van der Waals surface area contributed by atoms with Gasteiger partial charge in [0.05, 0.1) is 11.1 Å². The highest BCUT2D eigenvalue weighted by Gasteiger charge is 2.29. The molecule has 2 rings (SSSR count). The summed E-state index contributed by atoms with van der Waals surface area (Å²) in [5.41, 5.74) is 0.180. The van der Waals surface area contributed by atoms with Crippen molar-refractivity contribution >= 4 is 0 Å². The van der Waals surface area contributed by atoms with Crippen LogP contribution in [0.5, 0.6) is 5.75 Å². The molecule has 0 heterocycles. The number of hydrogen-bond donors (Lipinski definition) is 1. The molecule has 1 nitrogen and oxygen atoms in total. The molecule has 2 aromatic carbocycles. The van der Waals surface area contributed by atoms with Crippen molar-refractivity contribution in [1.29, 1.82) is 0 Å². The van der Waals surface area contributed by atoms with Crippen molar-refractivity contribution in [3.8, 4) is 17.6 Å². The van der Waals surface area contributed by atoms with E-state index in [1.54, 1.807) is 18.2 Å². The lowest BCUT2D eigenvalue weighted by atomic mass is 10.1. The van der Waals surface area contributed by atoms with Crippen LogP contribution in [0.15, 0.2) is 48.5 Å². The molecule has 19 heavy (non-hydrogen) atoms. The molecule has 4 heteroatoms. The second-order valence-electron chi connectivity index (χ2n) is 3.84. The van der Waals surface area contributed by atoms with Gasteiger partial charge < -0.3 is 5.11 Å². The second kappa shape index (κ2) is 5.07. The molecule has 0 saturated heterocycles. The van der Waals surface area contributed by atoms with Crippen molar-refractivity contribution in [3.63, 3.8) is 0 Å². The Balaban J connectivity index is 2.24. The quantitative estimate of drug-likeness (QED) is 0.716. The fourth-order valence-electron chi connectivity index (χ4n) is 1.46. The molecule has 0 bridgehead atoms. The molecular formula is C15H9F3O. The SMILES string of the molecule is Oc1ccccc1C#Cc1ccc(C(F)(F)F)cc1. The van der Waals surface area contributed by atoms with E-state index >= 15 is 0 Å². The third-order valence-corrected chi connectivity index (χ3v) is 2.46. The number of phenolic OH excluding ortho intramolecular Hbond substituents is 1. The van der Waals surface area contributed by atoms with Crippen LogP contribution in [0.2, 0.25) is 0 Å². The Hall–Kier alpha value is -2.41. The van der Waals surface area contributed by atoms with E-state index in [2.05, 4.69) is 11.8 Å². The van der Waals surface area contributed by atoms with E-state index in [1.165, 1.54) is 18.2 Å². The zero-order valence-corrected chi connectivity index (χ0v) is 9.70. The molecule has 2 aromatic rings. The summed E-state index contributed by atoms with van der Waals surface area (Å²) in [6, 6.07) is 11.1. The van der Waals surface area contributed by atoms with E-state index in [0.29, 0.717) is 11.1 Å². The highest BCUT2D eigenvalue weighted by molar-refractivity contribution is 5.49. The van der Waals surface area contributed by atoms with Crippen LogP contribution < -0.4 is 0 Å². The van der Waals surface area contributed by atoms with Crippen molar-refractivity contribution in [2.24, 2.45) is 0 Å². The summed E-state index contributed by atoms with van der Waals surface area (Å²) in [7, 11) is 0. The average Bonchev–Trinajstić information content (AvgIpc) is 2.37. The van der Waals surface area contributed by atoms with Crippen LogP contribution in [-0.2, 0) is 6.18 Å². The monoisotopic (exact) mass is 262 g/mol. The molecule has 0 aliphatic rings. The topological polar surface area (TPSA) is 20.2 Å². The Morgan fingerprint density at radius 3 is 2.05 bits per heavy atom. The Bertz CT molecular complexity index is 631. The second-order valence-corrected chi connectivity index (χ2v) is 3.84. The first-order chi connectivity index (χ1) is 8.97. The summed E-state index contributed by atoms with van der Waals surface area (Å²) in [5, 5.41) is 9.49. The van der Waals surface area contributed by atoms with Gasteiger partial charge in [0, 0.05) is 5.56 Å². The van der Waals surface area contributed by atoms with Crippen molar-refractivity contribution < 1.29 is 18.3 Å². The predicted molar refractivity (Wildman–Crippen MR) is 65.5 cm³/mol. The van der Waals surface area contributed by atoms with Crippen molar-refractivity contribution in [1.82, 2.24) is 0 Å². The first-order valence-electron chi connectivity index (χ1n) is 5.44. The van der Waals surface area contributed by atoms with E-state index in [9.17, 15) is 18.3 Å². The van der Waals surface area contributed by atoms with Gasteiger partial charge in [-0.1, -0.05) is 24.0 Å². The molecule has 0 unspecified atom stereocenters. The Labute approximate surface area is 108 Å². The first-order valence-corrected chi connectivity index (χ1v) is 5.44. The van der Waals surface area contributed by atoms with E-state index < -0.39 is 11.7 Å². The van der Waals surface area contributed by atoms with Crippen molar-refractivity contribution in [2.45, 2.75) is 6.18 Å². The van der Waals surface area contributed by atoms with E-state index in [-0.39, 0.29) is 5.75 Å². The molecule has 96 valence electrons. The smallest absolute Gasteiger partial charge is 0.416 e. The highest BCUT2D eigenvalue weighted by atomic mass is 19.4. The maximum Gasteiger partial charge on any atom is 0.416 e. The lowest BCUT2D eigenvalue weighted by Crippen LogP contribution is -2.04. The van der Waals surface area contributed by atoms with Crippen LogP contribution >= 0.6 is 0 Å². The average molecular weight is 262 g/mol. The molecule has 0 spiro atoms. The molecule has 0 aliphatic heterocycles. The normalized spacial score (nSPS) is 10.7. The number of halogens is 3. The Morgan fingerprint density at radius 2 is 1.47 bits per heavy atom. The van der Waals surface area contributed by atoms with Crippen LogP contribution in [0, 0.1) is 11.8 Å². The van der Waals surface area contributed by atoms with Gasteiger partial charge in [-0.15, -0.1) is 0 Å². The Morgan fingerprint density at radius 1 is 0.842 bits per heavy atom. The maximum atomic E-state index is 12.4. The zero-order valence-electron chi connectivity index (χ0n) is 9.70. The lowest BCUT2D eigenvalue weighted by Gasteiger charge is -2.05. The molecule has 0 aromatic heterocycles. The summed E-state index contributed by atoms with van der Waals surface area (Å²) in [6.45, 7) is 0. The maximum absolute atomic E-state index is 12.4. The standard InChI is InChI=1S/C15H9F3O/c16-15(17,18)13-9-6-11(7-10-13)5-8-12-3-1-2-4-14(12)19/h1-4,6-7,9-10,19H. The Kier molecular flexibility index (Phi) is 3.48. The fraction of sp³-hybridized carbons (Fsp3) is 0.0667. The number of benzene rings is 2. The number of aromatic hydroxyl groups is 1. The first kappa shape index (κ1) is 13.0. The van der Waals surface area contributed by atoms with Gasteiger partial charge in [0.15, 0.2) is 0 Å². The summed E-state index contributed by atoms with van der Waals surface area (Å²) in [5.74, 6) is 5.45. The van der Waals surface area contributed by atoms with Crippen LogP contribution in [0.1, 0.15) is 16.7 Å². The molecule has 0 amide bonds. The zero-order chi connectivity index (χ0) is 13.9. The van der Waals surface area contributed by atoms with Crippen LogP contribution in [0.25, 0.3) is 0 Å². The summed E-state index contributed by atoms with van der Waals surface area (Å²) in [4.78, 5) is 0. The van der Waals surface area contributed by atoms with Crippen molar-refractivity contribution in [2.75, 3.05) is 0 Å².